The van der Waals surface area contributed by atoms with Gasteiger partial charge in [0.2, 0.25) is 10.0 Å². The number of hydrogen-bond donors (Lipinski definition) is 1. The molecule has 1 heterocycles. The van der Waals surface area contributed by atoms with Crippen molar-refractivity contribution in [1.29, 1.82) is 0 Å². The van der Waals surface area contributed by atoms with E-state index in [-0.39, 0.29) is 11.4 Å². The normalized spacial score (nSPS) is 23.0. The van der Waals surface area contributed by atoms with Gasteiger partial charge in [0.05, 0.1) is 4.90 Å². The van der Waals surface area contributed by atoms with Crippen LogP contribution < -0.4 is 0 Å². The van der Waals surface area contributed by atoms with Gasteiger partial charge < -0.3 is 5.11 Å². The summed E-state index contributed by atoms with van der Waals surface area (Å²) in [7, 11) is -3.73. The quantitative estimate of drug-likeness (QED) is 0.924. The van der Waals surface area contributed by atoms with Crippen LogP contribution in [0.3, 0.4) is 0 Å². The molecule has 0 bridgehead atoms. The summed E-state index contributed by atoms with van der Waals surface area (Å²) >= 11 is 0. The van der Waals surface area contributed by atoms with Crippen LogP contribution in [0.15, 0.2) is 23.1 Å². The van der Waals surface area contributed by atoms with Gasteiger partial charge >= 0.3 is 5.97 Å². The first-order valence-corrected chi connectivity index (χ1v) is 8.80. The molecule has 0 saturated carbocycles. The van der Waals surface area contributed by atoms with E-state index in [1.165, 1.54) is 5.56 Å². The Bertz CT molecular complexity index is 668. The van der Waals surface area contributed by atoms with E-state index < -0.39 is 22.0 Å². The first kappa shape index (κ1) is 14.5. The van der Waals surface area contributed by atoms with Crippen LogP contribution in [0.4, 0.5) is 0 Å². The number of aryl methyl sites for hydroxylation is 2. The first-order valence-electron chi connectivity index (χ1n) is 7.36. The smallest absolute Gasteiger partial charge is 0.322 e. The van der Waals surface area contributed by atoms with Crippen molar-refractivity contribution in [2.75, 3.05) is 6.54 Å². The fourth-order valence-electron chi connectivity index (χ4n) is 3.28. The van der Waals surface area contributed by atoms with Crippen molar-refractivity contribution in [3.8, 4) is 0 Å². The lowest BCUT2D eigenvalue weighted by molar-refractivity contribution is -0.142. The summed E-state index contributed by atoms with van der Waals surface area (Å²) in [6.45, 7) is 0.288. The highest BCUT2D eigenvalue weighted by Crippen LogP contribution is 2.29. The zero-order chi connectivity index (χ0) is 15.0. The average molecular weight is 309 g/mol. The summed E-state index contributed by atoms with van der Waals surface area (Å²) in [5, 5.41) is 9.27. The summed E-state index contributed by atoms with van der Waals surface area (Å²) in [4.78, 5) is 11.6. The van der Waals surface area contributed by atoms with Crippen LogP contribution in [-0.4, -0.2) is 36.4 Å². The largest absolute Gasteiger partial charge is 0.480 e. The summed E-state index contributed by atoms with van der Waals surface area (Å²) in [5.74, 6) is -1.06. The second kappa shape index (κ2) is 5.42. The summed E-state index contributed by atoms with van der Waals surface area (Å²) in [6.07, 6.45) is 4.82. The Kier molecular flexibility index (Phi) is 3.75. The third-order valence-electron chi connectivity index (χ3n) is 4.42. The minimum Gasteiger partial charge on any atom is -0.480 e. The Balaban J connectivity index is 1.97. The molecule has 0 radical (unpaired) electrons. The van der Waals surface area contributed by atoms with E-state index in [4.69, 9.17) is 0 Å². The maximum absolute atomic E-state index is 12.8. The number of carboxylic acid groups (broad SMARTS) is 1. The van der Waals surface area contributed by atoms with Crippen molar-refractivity contribution in [2.45, 2.75) is 49.5 Å². The molecular weight excluding hydrogens is 290 g/mol. The van der Waals surface area contributed by atoms with Gasteiger partial charge in [-0.15, -0.1) is 0 Å². The highest BCUT2D eigenvalue weighted by molar-refractivity contribution is 7.89. The average Bonchev–Trinajstić information content (AvgIpc) is 2.94. The number of fused-ring (bicyclic) bond motifs is 1. The van der Waals surface area contributed by atoms with Crippen LogP contribution in [0.2, 0.25) is 0 Å². The fraction of sp³-hybridized carbons (Fsp3) is 0.533. The van der Waals surface area contributed by atoms with Crippen LogP contribution in [0, 0.1) is 0 Å². The number of aliphatic carboxylic acids is 1. The van der Waals surface area contributed by atoms with Crippen molar-refractivity contribution in [3.63, 3.8) is 0 Å². The van der Waals surface area contributed by atoms with Gasteiger partial charge in [-0.2, -0.15) is 4.31 Å². The van der Waals surface area contributed by atoms with Crippen LogP contribution in [0.1, 0.15) is 36.8 Å². The number of carbonyl (C=O) groups is 1. The van der Waals surface area contributed by atoms with Gasteiger partial charge in [-0.1, -0.05) is 6.07 Å². The van der Waals surface area contributed by atoms with Crippen LogP contribution in [-0.2, 0) is 27.7 Å². The van der Waals surface area contributed by atoms with Gasteiger partial charge in [-0.05, 0) is 61.8 Å². The molecule has 1 aromatic carbocycles. The maximum atomic E-state index is 12.8. The van der Waals surface area contributed by atoms with Gasteiger partial charge in [0.1, 0.15) is 6.04 Å². The monoisotopic (exact) mass is 309 g/mol. The second-order valence-electron chi connectivity index (χ2n) is 5.75. The molecule has 2 aliphatic rings. The molecule has 1 aliphatic carbocycles. The number of benzene rings is 1. The molecule has 1 atom stereocenters. The Morgan fingerprint density at radius 2 is 1.90 bits per heavy atom. The highest BCUT2D eigenvalue weighted by Gasteiger charge is 2.37. The molecule has 1 N–H and O–H groups in total. The predicted octanol–water partition coefficient (Wildman–Crippen LogP) is 1.80. The standard InChI is InChI=1S/C15H19NO4S/c17-15(18)14-6-1-2-9-16(14)21(19,20)13-8-7-11-4-3-5-12(11)10-13/h7-8,10,14H,1-6,9H2,(H,17,18)/t14-/m0/s1. The number of hydrogen-bond acceptors (Lipinski definition) is 3. The lowest BCUT2D eigenvalue weighted by Gasteiger charge is -2.32. The number of piperidine rings is 1. The molecule has 21 heavy (non-hydrogen) atoms. The highest BCUT2D eigenvalue weighted by atomic mass is 32.2. The molecule has 114 valence electrons. The van der Waals surface area contributed by atoms with E-state index in [0.29, 0.717) is 12.8 Å². The zero-order valence-corrected chi connectivity index (χ0v) is 12.6. The van der Waals surface area contributed by atoms with E-state index in [0.717, 1.165) is 35.6 Å². The molecule has 1 aromatic rings. The topological polar surface area (TPSA) is 74.7 Å². The molecule has 5 nitrogen and oxygen atoms in total. The van der Waals surface area contributed by atoms with Crippen molar-refractivity contribution in [1.82, 2.24) is 4.31 Å². The van der Waals surface area contributed by atoms with Crippen LogP contribution in [0.25, 0.3) is 0 Å². The molecule has 1 fully saturated rings. The van der Waals surface area contributed by atoms with Gasteiger partial charge in [0.25, 0.3) is 0 Å². The fourth-order valence-corrected chi connectivity index (χ4v) is 4.99. The Morgan fingerprint density at radius 3 is 2.67 bits per heavy atom. The summed E-state index contributed by atoms with van der Waals surface area (Å²) in [5.41, 5.74) is 2.29. The van der Waals surface area contributed by atoms with E-state index >= 15 is 0 Å². The lowest BCUT2D eigenvalue weighted by Crippen LogP contribution is -2.47. The molecule has 0 spiro atoms. The van der Waals surface area contributed by atoms with Crippen LogP contribution >= 0.6 is 0 Å². The molecular formula is C15H19NO4S. The van der Waals surface area contributed by atoms with Crippen molar-refractivity contribution < 1.29 is 18.3 Å². The lowest BCUT2D eigenvalue weighted by atomic mass is 10.1. The number of rotatable bonds is 3. The first-order chi connectivity index (χ1) is 10.00. The number of nitrogens with zero attached hydrogens (tertiary/aromatic N) is 1. The number of sulfonamides is 1. The van der Waals surface area contributed by atoms with Gasteiger partial charge in [0.15, 0.2) is 0 Å². The van der Waals surface area contributed by atoms with Gasteiger partial charge in [-0.3, -0.25) is 4.79 Å². The third kappa shape index (κ3) is 2.58. The molecule has 1 saturated heterocycles. The maximum Gasteiger partial charge on any atom is 0.322 e. The van der Waals surface area contributed by atoms with Gasteiger partial charge in [-0.25, -0.2) is 8.42 Å². The second-order valence-corrected chi connectivity index (χ2v) is 7.64. The predicted molar refractivity (Wildman–Crippen MR) is 77.6 cm³/mol. The van der Waals surface area contributed by atoms with Gasteiger partial charge in [0, 0.05) is 6.54 Å². The molecule has 6 heteroatoms. The zero-order valence-electron chi connectivity index (χ0n) is 11.8. The summed E-state index contributed by atoms with van der Waals surface area (Å²) < 4.78 is 26.7. The molecule has 1 aliphatic heterocycles. The van der Waals surface area contributed by atoms with Crippen molar-refractivity contribution >= 4 is 16.0 Å². The SMILES string of the molecule is O=C(O)[C@@H]1CCCCN1S(=O)(=O)c1ccc2c(c1)CCC2. The summed E-state index contributed by atoms with van der Waals surface area (Å²) in [6, 6.07) is 4.28. The van der Waals surface area contributed by atoms with Crippen molar-refractivity contribution in [2.24, 2.45) is 0 Å². The van der Waals surface area contributed by atoms with E-state index in [2.05, 4.69) is 0 Å². The molecule has 0 aromatic heterocycles. The van der Waals surface area contributed by atoms with Crippen molar-refractivity contribution in [3.05, 3.63) is 29.3 Å². The van der Waals surface area contributed by atoms with Crippen LogP contribution in [0.5, 0.6) is 0 Å². The Labute approximate surface area is 124 Å². The minimum absolute atomic E-state index is 0.233. The molecule has 3 rings (SSSR count). The Morgan fingerprint density at radius 1 is 1.14 bits per heavy atom. The van der Waals surface area contributed by atoms with E-state index in [1.54, 1.807) is 12.1 Å². The van der Waals surface area contributed by atoms with E-state index in [9.17, 15) is 18.3 Å². The number of carboxylic acids is 1. The van der Waals surface area contributed by atoms with E-state index in [1.807, 2.05) is 6.07 Å². The molecule has 0 unspecified atom stereocenters. The minimum atomic E-state index is -3.73. The Hall–Kier alpha value is -1.40. The molecule has 0 amide bonds. The third-order valence-corrected chi connectivity index (χ3v) is 6.32.